The average Bonchev–Trinajstić information content (AvgIpc) is 3.34. The lowest BCUT2D eigenvalue weighted by Crippen LogP contribution is -2.26. The Morgan fingerprint density at radius 3 is 2.78 bits per heavy atom. The number of carbonyl (C=O) groups excluding carboxylic acids is 1. The smallest absolute Gasteiger partial charge is 0.251 e. The Kier molecular flexibility index (Phi) is 4.63. The first-order valence-corrected chi connectivity index (χ1v) is 7.74. The molecule has 1 amide bonds. The highest BCUT2D eigenvalue weighted by Crippen LogP contribution is 2.44. The summed E-state index contributed by atoms with van der Waals surface area (Å²) in [5.74, 6) is 1.18. The van der Waals surface area contributed by atoms with Gasteiger partial charge in [0.2, 0.25) is 0 Å². The molecule has 23 heavy (non-hydrogen) atoms. The molecule has 4 nitrogen and oxygen atoms in total. The summed E-state index contributed by atoms with van der Waals surface area (Å²) in [5.41, 5.74) is 2.83. The van der Waals surface area contributed by atoms with Crippen molar-refractivity contribution < 1.29 is 14.3 Å². The topological polar surface area (TPSA) is 47.6 Å². The number of carbonyl (C=O) groups is 1. The summed E-state index contributed by atoms with van der Waals surface area (Å²) >= 11 is 0. The van der Waals surface area contributed by atoms with Crippen molar-refractivity contribution in [3.05, 3.63) is 65.2 Å². The molecule has 2 aromatic carbocycles. The van der Waals surface area contributed by atoms with Crippen LogP contribution in [0.5, 0.6) is 5.75 Å². The van der Waals surface area contributed by atoms with Crippen LogP contribution >= 0.6 is 0 Å². The zero-order valence-electron chi connectivity index (χ0n) is 13.4. The molecule has 0 aromatic heterocycles. The maximum Gasteiger partial charge on any atom is 0.251 e. The Hall–Kier alpha value is -2.33. The van der Waals surface area contributed by atoms with Crippen molar-refractivity contribution in [3.63, 3.8) is 0 Å². The van der Waals surface area contributed by atoms with E-state index < -0.39 is 0 Å². The SMILES string of the molecule is COCc1cccc(C(=O)NC2CC2c2ccccc2OC)c1. The average molecular weight is 311 g/mol. The maximum absolute atomic E-state index is 12.4. The van der Waals surface area contributed by atoms with Gasteiger partial charge >= 0.3 is 0 Å². The molecule has 1 fully saturated rings. The van der Waals surface area contributed by atoms with E-state index in [0.717, 1.165) is 23.3 Å². The summed E-state index contributed by atoms with van der Waals surface area (Å²) in [6.45, 7) is 0.508. The van der Waals surface area contributed by atoms with Gasteiger partial charge in [-0.3, -0.25) is 4.79 Å². The van der Waals surface area contributed by atoms with Gasteiger partial charge in [0.1, 0.15) is 5.75 Å². The summed E-state index contributed by atoms with van der Waals surface area (Å²) in [6, 6.07) is 15.7. The molecule has 0 spiro atoms. The highest BCUT2D eigenvalue weighted by atomic mass is 16.5. The molecule has 0 aliphatic heterocycles. The van der Waals surface area contributed by atoms with Gasteiger partial charge in [0, 0.05) is 24.6 Å². The van der Waals surface area contributed by atoms with Crippen molar-refractivity contribution in [2.75, 3.05) is 14.2 Å². The normalized spacial score (nSPS) is 19.2. The molecule has 0 bridgehead atoms. The highest BCUT2D eigenvalue weighted by molar-refractivity contribution is 5.94. The van der Waals surface area contributed by atoms with E-state index in [9.17, 15) is 4.79 Å². The molecule has 2 unspecified atom stereocenters. The third kappa shape index (κ3) is 3.54. The molecule has 2 aromatic rings. The highest BCUT2D eigenvalue weighted by Gasteiger charge is 2.41. The van der Waals surface area contributed by atoms with Crippen molar-refractivity contribution >= 4 is 5.91 Å². The lowest BCUT2D eigenvalue weighted by molar-refractivity contribution is 0.0950. The van der Waals surface area contributed by atoms with E-state index in [1.54, 1.807) is 14.2 Å². The maximum atomic E-state index is 12.4. The Bertz CT molecular complexity index is 699. The second kappa shape index (κ2) is 6.84. The minimum Gasteiger partial charge on any atom is -0.496 e. The van der Waals surface area contributed by atoms with E-state index in [0.29, 0.717) is 18.1 Å². The number of rotatable bonds is 6. The lowest BCUT2D eigenvalue weighted by Gasteiger charge is -2.09. The molecule has 0 heterocycles. The van der Waals surface area contributed by atoms with Crippen LogP contribution in [0.3, 0.4) is 0 Å². The second-order valence-electron chi connectivity index (χ2n) is 5.80. The van der Waals surface area contributed by atoms with Gasteiger partial charge in [0.05, 0.1) is 13.7 Å². The summed E-state index contributed by atoms with van der Waals surface area (Å²) < 4.78 is 10.5. The third-order valence-corrected chi connectivity index (χ3v) is 4.15. The van der Waals surface area contributed by atoms with Crippen LogP contribution in [0, 0.1) is 0 Å². The summed E-state index contributed by atoms with van der Waals surface area (Å²) in [6.07, 6.45) is 0.948. The predicted octanol–water partition coefficient (Wildman–Crippen LogP) is 3.13. The minimum atomic E-state index is -0.0367. The van der Waals surface area contributed by atoms with Gasteiger partial charge in [-0.15, -0.1) is 0 Å². The number of amides is 1. The quantitative estimate of drug-likeness (QED) is 0.891. The van der Waals surface area contributed by atoms with E-state index >= 15 is 0 Å². The molecule has 1 aliphatic carbocycles. The van der Waals surface area contributed by atoms with Gasteiger partial charge in [0.15, 0.2) is 0 Å². The van der Waals surface area contributed by atoms with E-state index in [-0.39, 0.29) is 11.9 Å². The van der Waals surface area contributed by atoms with Crippen LogP contribution in [-0.2, 0) is 11.3 Å². The predicted molar refractivity (Wildman–Crippen MR) is 88.8 cm³/mol. The molecule has 2 atom stereocenters. The largest absolute Gasteiger partial charge is 0.496 e. The second-order valence-corrected chi connectivity index (χ2v) is 5.80. The van der Waals surface area contributed by atoms with Crippen LogP contribution in [0.1, 0.15) is 33.8 Å². The van der Waals surface area contributed by atoms with Gasteiger partial charge < -0.3 is 14.8 Å². The summed E-state index contributed by atoms with van der Waals surface area (Å²) in [4.78, 5) is 12.4. The molecule has 1 saturated carbocycles. The number of benzene rings is 2. The van der Waals surface area contributed by atoms with Crippen LogP contribution in [-0.4, -0.2) is 26.2 Å². The molecule has 0 radical (unpaired) electrons. The van der Waals surface area contributed by atoms with Gasteiger partial charge in [0.25, 0.3) is 5.91 Å². The fourth-order valence-electron chi connectivity index (χ4n) is 2.89. The Balaban J connectivity index is 1.65. The first-order valence-electron chi connectivity index (χ1n) is 7.74. The number of hydrogen-bond donors (Lipinski definition) is 1. The number of hydrogen-bond acceptors (Lipinski definition) is 3. The first kappa shape index (κ1) is 15.6. The van der Waals surface area contributed by atoms with E-state index in [4.69, 9.17) is 9.47 Å². The van der Waals surface area contributed by atoms with Gasteiger partial charge in [-0.2, -0.15) is 0 Å². The number of nitrogens with one attached hydrogen (secondary N) is 1. The lowest BCUT2D eigenvalue weighted by atomic mass is 10.1. The first-order chi connectivity index (χ1) is 11.2. The standard InChI is InChI=1S/C19H21NO3/c1-22-12-13-6-5-7-14(10-13)19(21)20-17-11-16(17)15-8-3-4-9-18(15)23-2/h3-10,16-17H,11-12H2,1-2H3,(H,20,21). The molecule has 3 rings (SSSR count). The Labute approximate surface area is 136 Å². The number of ether oxygens (including phenoxy) is 2. The van der Waals surface area contributed by atoms with Crippen molar-refractivity contribution in [2.24, 2.45) is 0 Å². The van der Waals surface area contributed by atoms with Gasteiger partial charge in [-0.1, -0.05) is 30.3 Å². The number of methoxy groups -OCH3 is 2. The third-order valence-electron chi connectivity index (χ3n) is 4.15. The molecule has 120 valence electrons. The van der Waals surface area contributed by atoms with Crippen molar-refractivity contribution in [2.45, 2.75) is 25.0 Å². The zero-order chi connectivity index (χ0) is 16.2. The molecule has 1 aliphatic rings. The molecular formula is C19H21NO3. The molecule has 0 saturated heterocycles. The van der Waals surface area contributed by atoms with Gasteiger partial charge in [-0.25, -0.2) is 0 Å². The Morgan fingerprint density at radius 2 is 2.00 bits per heavy atom. The fourth-order valence-corrected chi connectivity index (χ4v) is 2.89. The molecular weight excluding hydrogens is 290 g/mol. The van der Waals surface area contributed by atoms with Crippen LogP contribution < -0.4 is 10.1 Å². The van der Waals surface area contributed by atoms with Crippen molar-refractivity contribution in [3.8, 4) is 5.75 Å². The van der Waals surface area contributed by atoms with E-state index in [1.165, 1.54) is 0 Å². The van der Waals surface area contributed by atoms with Gasteiger partial charge in [-0.05, 0) is 35.7 Å². The van der Waals surface area contributed by atoms with Crippen molar-refractivity contribution in [1.82, 2.24) is 5.32 Å². The zero-order valence-corrected chi connectivity index (χ0v) is 13.4. The molecule has 4 heteroatoms. The summed E-state index contributed by atoms with van der Waals surface area (Å²) in [7, 11) is 3.32. The molecule has 1 N–H and O–H groups in total. The van der Waals surface area contributed by atoms with E-state index in [2.05, 4.69) is 11.4 Å². The van der Waals surface area contributed by atoms with Crippen LogP contribution in [0.2, 0.25) is 0 Å². The van der Waals surface area contributed by atoms with Crippen LogP contribution in [0.4, 0.5) is 0 Å². The number of para-hydroxylation sites is 1. The van der Waals surface area contributed by atoms with Crippen molar-refractivity contribution in [1.29, 1.82) is 0 Å². The Morgan fingerprint density at radius 1 is 1.17 bits per heavy atom. The van der Waals surface area contributed by atoms with Crippen LogP contribution in [0.25, 0.3) is 0 Å². The minimum absolute atomic E-state index is 0.0367. The summed E-state index contributed by atoms with van der Waals surface area (Å²) in [5, 5.41) is 3.10. The van der Waals surface area contributed by atoms with E-state index in [1.807, 2.05) is 42.5 Å². The fraction of sp³-hybridized carbons (Fsp3) is 0.316. The monoisotopic (exact) mass is 311 g/mol. The van der Waals surface area contributed by atoms with Crippen LogP contribution in [0.15, 0.2) is 48.5 Å².